The molecule has 1 aliphatic rings. The quantitative estimate of drug-likeness (QED) is 0.637. The summed E-state index contributed by atoms with van der Waals surface area (Å²) in [5.74, 6) is -0.0378. The van der Waals surface area contributed by atoms with Gasteiger partial charge in [0.05, 0.1) is 6.54 Å². The third kappa shape index (κ3) is 4.14. The van der Waals surface area contributed by atoms with Gasteiger partial charge in [0.25, 0.3) is 0 Å². The molecule has 2 heterocycles. The summed E-state index contributed by atoms with van der Waals surface area (Å²) in [4.78, 5) is 5.97. The molecule has 1 saturated heterocycles. The van der Waals surface area contributed by atoms with Crippen LogP contribution in [0, 0.1) is 11.2 Å². The summed E-state index contributed by atoms with van der Waals surface area (Å²) in [5.41, 5.74) is 0.958. The highest BCUT2D eigenvalue weighted by Gasteiger charge is 2.19. The first kappa shape index (κ1) is 19.4. The molecule has 0 amide bonds. The van der Waals surface area contributed by atoms with Crippen molar-refractivity contribution in [3.63, 3.8) is 0 Å². The van der Waals surface area contributed by atoms with Crippen LogP contribution in [0.4, 0.5) is 4.39 Å². The van der Waals surface area contributed by atoms with Crippen LogP contribution in [-0.4, -0.2) is 41.7 Å². The van der Waals surface area contributed by atoms with E-state index in [9.17, 15) is 4.39 Å². The Labute approximate surface area is 163 Å². The number of hydrogen-bond donors (Lipinski definition) is 1. The molecule has 4 nitrogen and oxygen atoms in total. The van der Waals surface area contributed by atoms with Crippen molar-refractivity contribution in [2.24, 2.45) is 4.99 Å². The van der Waals surface area contributed by atoms with Crippen LogP contribution in [0.2, 0.25) is 5.02 Å². The highest BCUT2D eigenvalue weighted by atomic mass is 35.5. The van der Waals surface area contributed by atoms with Crippen LogP contribution < -0.4 is 10.6 Å². The van der Waals surface area contributed by atoms with E-state index < -0.39 is 0 Å². The smallest absolute Gasteiger partial charge is 0.130 e. The zero-order valence-electron chi connectivity index (χ0n) is 15.7. The second-order valence-electron chi connectivity index (χ2n) is 6.61. The Morgan fingerprint density at radius 3 is 2.70 bits per heavy atom. The van der Waals surface area contributed by atoms with Gasteiger partial charge in [-0.25, -0.2) is 4.39 Å². The van der Waals surface area contributed by atoms with Crippen molar-refractivity contribution < 1.29 is 4.39 Å². The van der Waals surface area contributed by atoms with E-state index in [1.54, 1.807) is 19.3 Å². The average Bonchev–Trinajstić information content (AvgIpc) is 3.31. The number of rotatable bonds is 4. The van der Waals surface area contributed by atoms with Crippen molar-refractivity contribution in [1.29, 1.82) is 5.41 Å². The first-order chi connectivity index (χ1) is 13.0. The second kappa shape index (κ2) is 8.53. The lowest BCUT2D eigenvalue weighted by atomic mass is 10.1. The van der Waals surface area contributed by atoms with Gasteiger partial charge in [0.2, 0.25) is 0 Å². The molecule has 27 heavy (non-hydrogen) atoms. The minimum atomic E-state index is -0.382. The summed E-state index contributed by atoms with van der Waals surface area (Å²) in [6, 6.07) is 5.11. The molecule has 0 saturated carbocycles. The van der Waals surface area contributed by atoms with Gasteiger partial charge in [-0.05, 0) is 49.3 Å². The number of halogens is 2. The number of nitrogens with one attached hydrogen (secondary N) is 1. The molecule has 2 aromatic rings. The van der Waals surface area contributed by atoms with Crippen LogP contribution >= 0.6 is 11.6 Å². The fraction of sp³-hybridized carbons (Fsp3) is 0.333. The average molecular weight is 387 g/mol. The molecule has 3 rings (SSSR count). The van der Waals surface area contributed by atoms with Crippen LogP contribution in [-0.2, 0) is 6.54 Å². The number of likely N-dealkylation sites (tertiary alicyclic amines) is 1. The van der Waals surface area contributed by atoms with Gasteiger partial charge >= 0.3 is 0 Å². The molecule has 0 bridgehead atoms. The Balaban J connectivity index is 1.95. The van der Waals surface area contributed by atoms with Crippen molar-refractivity contribution >= 4 is 35.8 Å². The lowest BCUT2D eigenvalue weighted by Crippen LogP contribution is -2.30. The number of amidine groups is 1. The topological polar surface area (TPSA) is 44.4 Å². The Morgan fingerprint density at radius 2 is 2.07 bits per heavy atom. The number of nitrogens with zero attached hydrogens (tertiary/aromatic N) is 3. The molecule has 0 radical (unpaired) electrons. The standard InChI is InChI=1S/C21H24ClFN4/c1-3-15-7-11-27(20(15)6-8-25-2)14-17-18(22)12-16(13-19(17)23)21(24)26-9-4-5-10-26/h3,6-8,11-13,24H,4-5,9-10,14H2,1-2H3/b15-3-,20-6+,24-21?,25-8?. The van der Waals surface area contributed by atoms with Crippen LogP contribution in [0.1, 0.15) is 30.9 Å². The molecule has 1 aromatic carbocycles. The summed E-state index contributed by atoms with van der Waals surface area (Å²) in [7, 11) is 1.71. The number of benzene rings is 1. The molecule has 0 spiro atoms. The van der Waals surface area contributed by atoms with E-state index in [-0.39, 0.29) is 5.82 Å². The molecule has 1 aliphatic heterocycles. The van der Waals surface area contributed by atoms with Gasteiger partial charge in [-0.1, -0.05) is 17.7 Å². The molecule has 142 valence electrons. The lowest BCUT2D eigenvalue weighted by Gasteiger charge is -2.19. The molecule has 1 N–H and O–H groups in total. The normalized spacial score (nSPS) is 16.1. The number of hydrogen-bond acceptors (Lipinski definition) is 2. The summed E-state index contributed by atoms with van der Waals surface area (Å²) in [5, 5.41) is 10.7. The van der Waals surface area contributed by atoms with Gasteiger partial charge in [0, 0.05) is 54.0 Å². The number of aromatic nitrogens is 1. The highest BCUT2D eigenvalue weighted by molar-refractivity contribution is 6.31. The van der Waals surface area contributed by atoms with Gasteiger partial charge in [-0.3, -0.25) is 10.4 Å². The summed E-state index contributed by atoms with van der Waals surface area (Å²) >= 11 is 6.42. The third-order valence-electron chi connectivity index (χ3n) is 4.90. The van der Waals surface area contributed by atoms with E-state index >= 15 is 0 Å². The van der Waals surface area contributed by atoms with Crippen LogP contribution in [0.3, 0.4) is 0 Å². The van der Waals surface area contributed by atoms with E-state index in [1.165, 1.54) is 6.07 Å². The number of aliphatic imine (C=N–C) groups is 1. The van der Waals surface area contributed by atoms with E-state index in [2.05, 4.69) is 4.99 Å². The Hall–Kier alpha value is -2.40. The largest absolute Gasteiger partial charge is 0.357 e. The van der Waals surface area contributed by atoms with Gasteiger partial charge < -0.3 is 9.47 Å². The van der Waals surface area contributed by atoms with E-state index in [1.807, 2.05) is 40.8 Å². The predicted molar refractivity (Wildman–Crippen MR) is 111 cm³/mol. The summed E-state index contributed by atoms with van der Waals surface area (Å²) in [6.45, 7) is 3.97. The Bertz CT molecular complexity index is 961. The fourth-order valence-electron chi connectivity index (χ4n) is 3.41. The van der Waals surface area contributed by atoms with Gasteiger partial charge in [0.15, 0.2) is 0 Å². The van der Waals surface area contributed by atoms with Gasteiger partial charge in [-0.15, -0.1) is 0 Å². The van der Waals surface area contributed by atoms with Crippen molar-refractivity contribution in [3.05, 3.63) is 56.9 Å². The Kier molecular flexibility index (Phi) is 6.11. The summed E-state index contributed by atoms with van der Waals surface area (Å²) < 4.78 is 16.8. The molecule has 1 aromatic heterocycles. The molecular weight excluding hydrogens is 363 g/mol. The van der Waals surface area contributed by atoms with Crippen LogP contribution in [0.5, 0.6) is 0 Å². The maximum absolute atomic E-state index is 14.9. The molecule has 1 fully saturated rings. The minimum absolute atomic E-state index is 0.319. The minimum Gasteiger partial charge on any atom is -0.357 e. The van der Waals surface area contributed by atoms with E-state index in [0.29, 0.717) is 28.5 Å². The fourth-order valence-corrected chi connectivity index (χ4v) is 3.67. The van der Waals surface area contributed by atoms with Crippen LogP contribution in [0.15, 0.2) is 29.4 Å². The Morgan fingerprint density at radius 1 is 1.33 bits per heavy atom. The first-order valence-corrected chi connectivity index (χ1v) is 9.48. The highest BCUT2D eigenvalue weighted by Crippen LogP contribution is 2.24. The van der Waals surface area contributed by atoms with E-state index in [0.717, 1.165) is 36.5 Å². The van der Waals surface area contributed by atoms with Crippen molar-refractivity contribution in [2.45, 2.75) is 26.3 Å². The molecule has 0 aliphatic carbocycles. The van der Waals surface area contributed by atoms with Crippen molar-refractivity contribution in [1.82, 2.24) is 9.47 Å². The van der Waals surface area contributed by atoms with Crippen LogP contribution in [0.25, 0.3) is 12.2 Å². The molecule has 0 atom stereocenters. The van der Waals surface area contributed by atoms with Crippen molar-refractivity contribution in [2.75, 3.05) is 20.1 Å². The predicted octanol–water partition coefficient (Wildman–Crippen LogP) is 3.03. The molecule has 0 unspecified atom stereocenters. The van der Waals surface area contributed by atoms with Gasteiger partial charge in [-0.2, -0.15) is 0 Å². The lowest BCUT2D eigenvalue weighted by molar-refractivity contribution is 0.516. The zero-order chi connectivity index (χ0) is 19.4. The maximum atomic E-state index is 14.9. The van der Waals surface area contributed by atoms with Gasteiger partial charge in [0.1, 0.15) is 11.7 Å². The third-order valence-corrected chi connectivity index (χ3v) is 5.23. The maximum Gasteiger partial charge on any atom is 0.130 e. The monoisotopic (exact) mass is 386 g/mol. The molecular formula is C21H24ClFN4. The first-order valence-electron chi connectivity index (χ1n) is 9.11. The zero-order valence-corrected chi connectivity index (χ0v) is 16.4. The molecule has 6 heteroatoms. The van der Waals surface area contributed by atoms with E-state index in [4.69, 9.17) is 17.0 Å². The SMILES string of the molecule is C/C=c1/ccn(Cc2c(F)cc(C(=N)N3CCCC3)cc2Cl)/c1=C/C=NC. The second-order valence-corrected chi connectivity index (χ2v) is 7.02. The summed E-state index contributed by atoms with van der Waals surface area (Å²) in [6.07, 6.45) is 9.68. The van der Waals surface area contributed by atoms with Crippen molar-refractivity contribution in [3.8, 4) is 0 Å².